The minimum Gasteiger partial charge on any atom is -0.283 e. The van der Waals surface area contributed by atoms with Crippen molar-refractivity contribution in [3.05, 3.63) is 39.9 Å². The second kappa shape index (κ2) is 4.93. The first-order valence-corrected chi connectivity index (χ1v) is 5.58. The van der Waals surface area contributed by atoms with Crippen molar-refractivity contribution in [2.45, 2.75) is 25.4 Å². The second-order valence-electron chi connectivity index (χ2n) is 4.14. The molecule has 1 heterocycles. The van der Waals surface area contributed by atoms with Crippen LogP contribution in [-0.2, 0) is 6.54 Å². The standard InChI is InChI=1S/C12H13N3O2/c13-8-11-5-3-7-14(11)9-10-4-1-2-6-12(10)15(16)17/h1-2,4,6,11H,3,5,7,9H2. The van der Waals surface area contributed by atoms with Gasteiger partial charge in [0.2, 0.25) is 0 Å². The first kappa shape index (κ1) is 11.6. The van der Waals surface area contributed by atoms with E-state index >= 15 is 0 Å². The summed E-state index contributed by atoms with van der Waals surface area (Å²) in [7, 11) is 0. The molecule has 0 spiro atoms. The molecule has 88 valence electrons. The van der Waals surface area contributed by atoms with Gasteiger partial charge in [-0.2, -0.15) is 5.26 Å². The molecule has 17 heavy (non-hydrogen) atoms. The largest absolute Gasteiger partial charge is 0.283 e. The van der Waals surface area contributed by atoms with Crippen molar-refractivity contribution in [3.63, 3.8) is 0 Å². The average molecular weight is 231 g/mol. The van der Waals surface area contributed by atoms with Crippen molar-refractivity contribution in [1.82, 2.24) is 4.90 Å². The van der Waals surface area contributed by atoms with Crippen LogP contribution in [0.4, 0.5) is 5.69 Å². The van der Waals surface area contributed by atoms with Gasteiger partial charge in [0, 0.05) is 18.2 Å². The van der Waals surface area contributed by atoms with Crippen LogP contribution in [0.5, 0.6) is 0 Å². The van der Waals surface area contributed by atoms with E-state index in [1.54, 1.807) is 18.2 Å². The van der Waals surface area contributed by atoms with Gasteiger partial charge in [0.05, 0.1) is 17.0 Å². The van der Waals surface area contributed by atoms with Crippen molar-refractivity contribution in [1.29, 1.82) is 5.26 Å². The van der Waals surface area contributed by atoms with E-state index in [0.29, 0.717) is 12.1 Å². The van der Waals surface area contributed by atoms with Gasteiger partial charge in [0.15, 0.2) is 0 Å². The summed E-state index contributed by atoms with van der Waals surface area (Å²) in [4.78, 5) is 12.5. The fourth-order valence-corrected chi connectivity index (χ4v) is 2.20. The number of para-hydroxylation sites is 1. The van der Waals surface area contributed by atoms with Crippen molar-refractivity contribution in [2.24, 2.45) is 0 Å². The SMILES string of the molecule is N#CC1CCCN1Cc1ccccc1[N+](=O)[O-]. The minimum atomic E-state index is -0.368. The summed E-state index contributed by atoms with van der Waals surface area (Å²) < 4.78 is 0. The van der Waals surface area contributed by atoms with Gasteiger partial charge in [-0.15, -0.1) is 0 Å². The molecule has 0 aliphatic carbocycles. The summed E-state index contributed by atoms with van der Waals surface area (Å²) in [6, 6.07) is 8.85. The number of nitro benzene ring substituents is 1. The van der Waals surface area contributed by atoms with Crippen LogP contribution in [-0.4, -0.2) is 22.4 Å². The first-order valence-electron chi connectivity index (χ1n) is 5.58. The van der Waals surface area contributed by atoms with Crippen molar-refractivity contribution < 1.29 is 4.92 Å². The average Bonchev–Trinajstić information content (AvgIpc) is 2.77. The summed E-state index contributed by atoms with van der Waals surface area (Å²) in [5.74, 6) is 0. The van der Waals surface area contributed by atoms with Gasteiger partial charge < -0.3 is 0 Å². The predicted molar refractivity (Wildman–Crippen MR) is 62.1 cm³/mol. The number of likely N-dealkylation sites (tertiary alicyclic amines) is 1. The Morgan fingerprint density at radius 2 is 2.29 bits per heavy atom. The Hall–Kier alpha value is -1.93. The van der Waals surface area contributed by atoms with Gasteiger partial charge in [-0.3, -0.25) is 15.0 Å². The Labute approximate surface area is 99.4 Å². The van der Waals surface area contributed by atoms with Crippen LogP contribution in [0.2, 0.25) is 0 Å². The summed E-state index contributed by atoms with van der Waals surface area (Å²) in [6.45, 7) is 1.32. The van der Waals surface area contributed by atoms with Gasteiger partial charge in [0.25, 0.3) is 5.69 Å². The van der Waals surface area contributed by atoms with E-state index in [2.05, 4.69) is 6.07 Å². The number of nitrogens with zero attached hydrogens (tertiary/aromatic N) is 3. The summed E-state index contributed by atoms with van der Waals surface area (Å²) >= 11 is 0. The van der Waals surface area contributed by atoms with Crippen LogP contribution in [0, 0.1) is 21.4 Å². The molecule has 1 aliphatic rings. The molecule has 1 fully saturated rings. The molecule has 1 aromatic carbocycles. The Bertz CT molecular complexity index is 467. The van der Waals surface area contributed by atoms with E-state index in [0.717, 1.165) is 19.4 Å². The molecule has 1 atom stereocenters. The molecule has 1 saturated heterocycles. The Kier molecular flexibility index (Phi) is 3.35. The Morgan fingerprint density at radius 1 is 1.53 bits per heavy atom. The van der Waals surface area contributed by atoms with Gasteiger partial charge in [-0.25, -0.2) is 0 Å². The molecular formula is C12H13N3O2. The molecule has 5 heteroatoms. The molecule has 0 saturated carbocycles. The number of rotatable bonds is 3. The van der Waals surface area contributed by atoms with Gasteiger partial charge in [0.1, 0.15) is 0 Å². The summed E-state index contributed by atoms with van der Waals surface area (Å²) in [6.07, 6.45) is 1.84. The molecule has 1 aliphatic heterocycles. The van der Waals surface area contributed by atoms with E-state index in [-0.39, 0.29) is 16.7 Å². The van der Waals surface area contributed by atoms with E-state index in [1.165, 1.54) is 6.07 Å². The maximum absolute atomic E-state index is 10.9. The third-order valence-corrected chi connectivity index (χ3v) is 3.07. The maximum Gasteiger partial charge on any atom is 0.273 e. The van der Waals surface area contributed by atoms with E-state index in [1.807, 2.05) is 4.90 Å². The van der Waals surface area contributed by atoms with E-state index in [9.17, 15) is 10.1 Å². The molecule has 0 aromatic heterocycles. The normalized spacial score (nSPS) is 20.1. The van der Waals surface area contributed by atoms with Crippen LogP contribution < -0.4 is 0 Å². The van der Waals surface area contributed by atoms with Gasteiger partial charge in [-0.1, -0.05) is 18.2 Å². The highest BCUT2D eigenvalue weighted by Gasteiger charge is 2.26. The Morgan fingerprint density at radius 3 is 3.00 bits per heavy atom. The topological polar surface area (TPSA) is 70.2 Å². The third kappa shape index (κ3) is 2.43. The highest BCUT2D eigenvalue weighted by Crippen LogP contribution is 2.24. The third-order valence-electron chi connectivity index (χ3n) is 3.07. The summed E-state index contributed by atoms with van der Waals surface area (Å²) in [5.41, 5.74) is 0.815. The number of hydrogen-bond acceptors (Lipinski definition) is 4. The lowest BCUT2D eigenvalue weighted by molar-refractivity contribution is -0.385. The number of benzene rings is 1. The molecular weight excluding hydrogens is 218 g/mol. The quantitative estimate of drug-likeness (QED) is 0.590. The van der Waals surface area contributed by atoms with E-state index in [4.69, 9.17) is 5.26 Å². The van der Waals surface area contributed by atoms with Crippen LogP contribution in [0.25, 0.3) is 0 Å². The van der Waals surface area contributed by atoms with Crippen LogP contribution >= 0.6 is 0 Å². The number of nitriles is 1. The van der Waals surface area contributed by atoms with Crippen molar-refractivity contribution in [2.75, 3.05) is 6.54 Å². The van der Waals surface area contributed by atoms with Crippen LogP contribution in [0.1, 0.15) is 18.4 Å². The van der Waals surface area contributed by atoms with Gasteiger partial charge in [-0.05, 0) is 19.4 Å². The predicted octanol–water partition coefficient (Wildman–Crippen LogP) is 2.08. The van der Waals surface area contributed by atoms with E-state index < -0.39 is 0 Å². The first-order chi connectivity index (χ1) is 8.22. The lowest BCUT2D eigenvalue weighted by atomic mass is 10.1. The zero-order chi connectivity index (χ0) is 12.3. The van der Waals surface area contributed by atoms with Crippen molar-refractivity contribution in [3.8, 4) is 6.07 Å². The molecule has 0 amide bonds. The van der Waals surface area contributed by atoms with Crippen molar-refractivity contribution >= 4 is 5.69 Å². The molecule has 1 aromatic rings. The monoisotopic (exact) mass is 231 g/mol. The number of nitro groups is 1. The summed E-state index contributed by atoms with van der Waals surface area (Å²) in [5, 5.41) is 19.8. The molecule has 0 N–H and O–H groups in total. The van der Waals surface area contributed by atoms with Crippen LogP contribution in [0.3, 0.4) is 0 Å². The molecule has 5 nitrogen and oxygen atoms in total. The smallest absolute Gasteiger partial charge is 0.273 e. The highest BCUT2D eigenvalue weighted by atomic mass is 16.6. The molecule has 0 radical (unpaired) electrons. The zero-order valence-electron chi connectivity index (χ0n) is 9.37. The number of hydrogen-bond donors (Lipinski definition) is 0. The molecule has 1 unspecified atom stereocenters. The fraction of sp³-hybridized carbons (Fsp3) is 0.417. The maximum atomic E-state index is 10.9. The molecule has 2 rings (SSSR count). The fourth-order valence-electron chi connectivity index (χ4n) is 2.20. The molecule has 0 bridgehead atoms. The highest BCUT2D eigenvalue weighted by molar-refractivity contribution is 5.39. The minimum absolute atomic E-state index is 0.102. The lowest BCUT2D eigenvalue weighted by Gasteiger charge is -2.18. The zero-order valence-corrected chi connectivity index (χ0v) is 9.37. The van der Waals surface area contributed by atoms with Crippen LogP contribution in [0.15, 0.2) is 24.3 Å². The Balaban J connectivity index is 2.19. The second-order valence-corrected chi connectivity index (χ2v) is 4.14. The van der Waals surface area contributed by atoms with Gasteiger partial charge >= 0.3 is 0 Å². The lowest BCUT2D eigenvalue weighted by Crippen LogP contribution is -2.27.